The van der Waals surface area contributed by atoms with Crippen LogP contribution in [0.3, 0.4) is 0 Å². The molecule has 108 valence electrons. The van der Waals surface area contributed by atoms with Crippen molar-refractivity contribution < 1.29 is 0 Å². The lowest BCUT2D eigenvalue weighted by Crippen LogP contribution is -2.20. The van der Waals surface area contributed by atoms with E-state index in [1.807, 2.05) is 43.1 Å². The zero-order valence-corrected chi connectivity index (χ0v) is 13.5. The number of nitrogens with zero attached hydrogens (tertiary/aromatic N) is 4. The van der Waals surface area contributed by atoms with Crippen molar-refractivity contribution in [2.75, 3.05) is 17.7 Å². The number of nitrogens with two attached hydrogens (primary N) is 1. The Morgan fingerprint density at radius 1 is 1.33 bits per heavy atom. The molecule has 0 saturated carbocycles. The van der Waals surface area contributed by atoms with Crippen LogP contribution in [-0.2, 0) is 13.6 Å². The van der Waals surface area contributed by atoms with Gasteiger partial charge in [0.05, 0.1) is 29.6 Å². The van der Waals surface area contributed by atoms with E-state index in [-0.39, 0.29) is 0 Å². The van der Waals surface area contributed by atoms with Gasteiger partial charge in [-0.3, -0.25) is 4.98 Å². The minimum atomic E-state index is 0.664. The number of aromatic nitrogens is 3. The summed E-state index contributed by atoms with van der Waals surface area (Å²) in [6.45, 7) is 0.680. The van der Waals surface area contributed by atoms with Crippen LogP contribution in [0, 0.1) is 0 Å². The van der Waals surface area contributed by atoms with Crippen molar-refractivity contribution in [1.82, 2.24) is 14.5 Å². The van der Waals surface area contributed by atoms with Crippen molar-refractivity contribution in [1.29, 1.82) is 0 Å². The third-order valence-electron chi connectivity index (χ3n) is 3.51. The number of nitrogen functional groups attached to an aromatic ring is 1. The first kappa shape index (κ1) is 13.9. The molecule has 0 spiro atoms. The number of benzene rings is 1. The number of fused-ring (bicyclic) bond motifs is 1. The van der Waals surface area contributed by atoms with Crippen LogP contribution in [-0.4, -0.2) is 21.6 Å². The highest BCUT2D eigenvalue weighted by Crippen LogP contribution is 2.33. The van der Waals surface area contributed by atoms with Crippen LogP contribution in [0.15, 0.2) is 41.3 Å². The molecule has 0 unspecified atom stereocenters. The number of hydrogen-bond acceptors (Lipinski definition) is 4. The topological polar surface area (TPSA) is 60.0 Å². The zero-order valence-electron chi connectivity index (χ0n) is 11.9. The molecule has 2 aromatic heterocycles. The molecule has 5 nitrogen and oxygen atoms in total. The maximum absolute atomic E-state index is 6.16. The molecule has 0 radical (unpaired) electrons. The second kappa shape index (κ2) is 5.37. The highest BCUT2D eigenvalue weighted by molar-refractivity contribution is 9.10. The predicted molar refractivity (Wildman–Crippen MR) is 89.2 cm³/mol. The Kier molecular flexibility index (Phi) is 3.55. The van der Waals surface area contributed by atoms with E-state index in [9.17, 15) is 0 Å². The van der Waals surface area contributed by atoms with Crippen molar-refractivity contribution in [3.05, 3.63) is 47.1 Å². The summed E-state index contributed by atoms with van der Waals surface area (Å²) in [7, 11) is 4.00. The van der Waals surface area contributed by atoms with Crippen LogP contribution in [0.1, 0.15) is 5.82 Å². The fourth-order valence-electron chi connectivity index (χ4n) is 2.43. The maximum atomic E-state index is 6.16. The second-order valence-corrected chi connectivity index (χ2v) is 5.95. The minimum Gasteiger partial charge on any atom is -0.396 e. The minimum absolute atomic E-state index is 0.664. The summed E-state index contributed by atoms with van der Waals surface area (Å²) >= 11 is 3.51. The van der Waals surface area contributed by atoms with E-state index in [2.05, 4.69) is 30.8 Å². The van der Waals surface area contributed by atoms with Gasteiger partial charge in [-0.25, -0.2) is 4.98 Å². The molecule has 3 rings (SSSR count). The van der Waals surface area contributed by atoms with Crippen molar-refractivity contribution in [2.24, 2.45) is 7.05 Å². The van der Waals surface area contributed by atoms with E-state index in [4.69, 9.17) is 5.73 Å². The van der Waals surface area contributed by atoms with Gasteiger partial charge in [-0.1, -0.05) is 15.9 Å². The van der Waals surface area contributed by atoms with Crippen LogP contribution in [0.25, 0.3) is 10.9 Å². The molecule has 0 aliphatic carbocycles. The predicted octanol–water partition coefficient (Wildman–Crippen LogP) is 2.95. The molecular weight excluding hydrogens is 330 g/mol. The number of imidazole rings is 1. The van der Waals surface area contributed by atoms with Crippen LogP contribution in [0.5, 0.6) is 0 Å². The van der Waals surface area contributed by atoms with E-state index in [0.717, 1.165) is 26.9 Å². The first-order chi connectivity index (χ1) is 10.1. The zero-order chi connectivity index (χ0) is 15.0. The molecule has 6 heteroatoms. The lowest BCUT2D eigenvalue weighted by atomic mass is 10.1. The Labute approximate surface area is 131 Å². The van der Waals surface area contributed by atoms with Crippen LogP contribution >= 0.6 is 15.9 Å². The summed E-state index contributed by atoms with van der Waals surface area (Å²) < 4.78 is 3.01. The largest absolute Gasteiger partial charge is 0.396 e. The van der Waals surface area contributed by atoms with Crippen molar-refractivity contribution in [2.45, 2.75) is 6.54 Å². The summed E-state index contributed by atoms with van der Waals surface area (Å²) in [6.07, 6.45) is 5.45. The average Bonchev–Trinajstić information content (AvgIpc) is 2.83. The fraction of sp³-hybridized carbons (Fsp3) is 0.200. The maximum Gasteiger partial charge on any atom is 0.127 e. The third-order valence-corrected chi connectivity index (χ3v) is 4.00. The highest BCUT2D eigenvalue weighted by Gasteiger charge is 2.13. The van der Waals surface area contributed by atoms with Crippen LogP contribution in [0.2, 0.25) is 0 Å². The van der Waals surface area contributed by atoms with Crippen molar-refractivity contribution >= 4 is 38.2 Å². The quantitative estimate of drug-likeness (QED) is 0.792. The molecule has 2 heterocycles. The van der Waals surface area contributed by atoms with Gasteiger partial charge in [0.25, 0.3) is 0 Å². The molecule has 0 aliphatic heterocycles. The van der Waals surface area contributed by atoms with E-state index in [1.165, 1.54) is 0 Å². The summed E-state index contributed by atoms with van der Waals surface area (Å²) in [5.41, 5.74) is 8.72. The molecule has 0 saturated heterocycles. The number of aryl methyl sites for hydroxylation is 1. The second-order valence-electron chi connectivity index (χ2n) is 5.03. The molecule has 0 amide bonds. The Morgan fingerprint density at radius 3 is 2.86 bits per heavy atom. The summed E-state index contributed by atoms with van der Waals surface area (Å²) in [5, 5.41) is 1.03. The van der Waals surface area contributed by atoms with Gasteiger partial charge in [0.15, 0.2) is 0 Å². The number of rotatable bonds is 3. The van der Waals surface area contributed by atoms with Crippen molar-refractivity contribution in [3.63, 3.8) is 0 Å². The van der Waals surface area contributed by atoms with Crippen molar-refractivity contribution in [3.8, 4) is 0 Å². The number of hydrogen-bond donors (Lipinski definition) is 1. The van der Waals surface area contributed by atoms with Gasteiger partial charge in [0.1, 0.15) is 5.82 Å². The van der Waals surface area contributed by atoms with E-state index < -0.39 is 0 Å². The Morgan fingerprint density at radius 2 is 2.14 bits per heavy atom. The molecular formula is C15H16BrN5. The van der Waals surface area contributed by atoms with E-state index >= 15 is 0 Å². The SMILES string of the molecule is CN(Cc1nccn1C)c1c(N)cnc2ccc(Br)cc12. The number of pyridine rings is 1. The van der Waals surface area contributed by atoms with Gasteiger partial charge in [-0.15, -0.1) is 0 Å². The first-order valence-electron chi connectivity index (χ1n) is 6.57. The van der Waals surface area contributed by atoms with Crippen LogP contribution < -0.4 is 10.6 Å². The monoisotopic (exact) mass is 345 g/mol. The molecule has 1 aromatic carbocycles. The number of halogens is 1. The molecule has 3 aromatic rings. The molecule has 0 atom stereocenters. The van der Waals surface area contributed by atoms with Gasteiger partial charge < -0.3 is 15.2 Å². The fourth-order valence-corrected chi connectivity index (χ4v) is 2.79. The van der Waals surface area contributed by atoms with Gasteiger partial charge in [0.2, 0.25) is 0 Å². The Hall–Kier alpha value is -2.08. The molecule has 0 fully saturated rings. The standard InChI is InChI=1S/C15H16BrN5/c1-20-6-5-18-14(20)9-21(2)15-11-7-10(16)3-4-13(11)19-8-12(15)17/h3-8H,9,17H2,1-2H3. The summed E-state index contributed by atoms with van der Waals surface area (Å²) in [4.78, 5) is 10.9. The Bertz CT molecular complexity index is 791. The van der Waals surface area contributed by atoms with Gasteiger partial charge in [0, 0.05) is 36.3 Å². The summed E-state index contributed by atoms with van der Waals surface area (Å²) in [5.74, 6) is 0.983. The van der Waals surface area contributed by atoms with Gasteiger partial charge >= 0.3 is 0 Å². The van der Waals surface area contributed by atoms with Gasteiger partial charge in [-0.2, -0.15) is 0 Å². The third kappa shape index (κ3) is 2.58. The molecule has 21 heavy (non-hydrogen) atoms. The Balaban J connectivity index is 2.08. The van der Waals surface area contributed by atoms with E-state index in [1.54, 1.807) is 12.4 Å². The van der Waals surface area contributed by atoms with Crippen LogP contribution in [0.4, 0.5) is 11.4 Å². The van der Waals surface area contributed by atoms with E-state index in [0.29, 0.717) is 12.2 Å². The lowest BCUT2D eigenvalue weighted by Gasteiger charge is -2.22. The highest BCUT2D eigenvalue weighted by atomic mass is 79.9. The average molecular weight is 346 g/mol. The van der Waals surface area contributed by atoms with Gasteiger partial charge in [-0.05, 0) is 18.2 Å². The number of anilines is 2. The lowest BCUT2D eigenvalue weighted by molar-refractivity contribution is 0.763. The molecule has 0 bridgehead atoms. The molecule has 0 aliphatic rings. The first-order valence-corrected chi connectivity index (χ1v) is 7.36. The molecule has 2 N–H and O–H groups in total. The normalized spacial score (nSPS) is 11.0. The smallest absolute Gasteiger partial charge is 0.127 e. The summed E-state index contributed by atoms with van der Waals surface area (Å²) in [6, 6.07) is 6.01.